The Balaban J connectivity index is 2.52. The van der Waals surface area contributed by atoms with Crippen molar-refractivity contribution in [3.05, 3.63) is 24.2 Å². The van der Waals surface area contributed by atoms with Crippen molar-refractivity contribution in [1.29, 1.82) is 0 Å². The van der Waals surface area contributed by atoms with Crippen LogP contribution in [0.5, 0.6) is 0 Å². The third kappa shape index (κ3) is 5.01. The molecular weight excluding hydrogens is 268 g/mol. The van der Waals surface area contributed by atoms with Gasteiger partial charge >= 0.3 is 18.0 Å². The Morgan fingerprint density at radius 1 is 1.40 bits per heavy atom. The molecular formula is C12H16N2O6. The molecule has 8 nitrogen and oxygen atoms in total. The highest BCUT2D eigenvalue weighted by Crippen LogP contribution is 2.05. The van der Waals surface area contributed by atoms with Gasteiger partial charge in [0.1, 0.15) is 11.8 Å². The smallest absolute Gasteiger partial charge is 0.326 e. The normalized spacial score (nSPS) is 11.7. The van der Waals surface area contributed by atoms with Crippen molar-refractivity contribution in [2.45, 2.75) is 25.4 Å². The van der Waals surface area contributed by atoms with Crippen LogP contribution in [-0.4, -0.2) is 46.2 Å². The monoisotopic (exact) mass is 284 g/mol. The van der Waals surface area contributed by atoms with E-state index in [-0.39, 0.29) is 19.4 Å². The molecule has 1 atom stereocenters. The van der Waals surface area contributed by atoms with E-state index in [1.807, 2.05) is 0 Å². The van der Waals surface area contributed by atoms with Gasteiger partial charge in [0.25, 0.3) is 0 Å². The summed E-state index contributed by atoms with van der Waals surface area (Å²) in [5.74, 6) is -1.83. The largest absolute Gasteiger partial charge is 0.481 e. The molecule has 0 bridgehead atoms. The van der Waals surface area contributed by atoms with Gasteiger partial charge in [-0.3, -0.25) is 4.79 Å². The lowest BCUT2D eigenvalue weighted by Crippen LogP contribution is -2.46. The van der Waals surface area contributed by atoms with Gasteiger partial charge in [0.2, 0.25) is 0 Å². The van der Waals surface area contributed by atoms with Crippen molar-refractivity contribution in [2.75, 3.05) is 7.05 Å². The van der Waals surface area contributed by atoms with Crippen LogP contribution in [0.3, 0.4) is 0 Å². The van der Waals surface area contributed by atoms with Crippen LogP contribution in [0.1, 0.15) is 18.6 Å². The second kappa shape index (κ2) is 7.17. The fourth-order valence-corrected chi connectivity index (χ4v) is 1.49. The average molecular weight is 284 g/mol. The molecule has 0 saturated carbocycles. The Kier molecular flexibility index (Phi) is 5.57. The lowest BCUT2D eigenvalue weighted by Gasteiger charge is -2.20. The molecule has 1 heterocycles. The minimum Gasteiger partial charge on any atom is -0.481 e. The summed E-state index contributed by atoms with van der Waals surface area (Å²) >= 11 is 0. The van der Waals surface area contributed by atoms with E-state index in [9.17, 15) is 14.4 Å². The molecule has 1 rings (SSSR count). The van der Waals surface area contributed by atoms with Gasteiger partial charge in [-0.15, -0.1) is 0 Å². The standard InChI is InChI=1S/C12H16N2O6/c1-14(7-8-3-2-6-20-8)12(19)13-9(11(17)18)4-5-10(15)16/h2-3,6,9H,4-5,7H2,1H3,(H,13,19)(H,15,16)(H,17,18)/t9-/m0/s1. The number of furan rings is 1. The van der Waals surface area contributed by atoms with Crippen LogP contribution in [0.2, 0.25) is 0 Å². The van der Waals surface area contributed by atoms with Crippen LogP contribution >= 0.6 is 0 Å². The Labute approximate surface area is 115 Å². The van der Waals surface area contributed by atoms with E-state index < -0.39 is 24.0 Å². The van der Waals surface area contributed by atoms with Crippen molar-refractivity contribution in [3.63, 3.8) is 0 Å². The summed E-state index contributed by atoms with van der Waals surface area (Å²) < 4.78 is 5.07. The topological polar surface area (TPSA) is 120 Å². The Bertz CT molecular complexity index is 470. The fraction of sp³-hybridized carbons (Fsp3) is 0.417. The summed E-state index contributed by atoms with van der Waals surface area (Å²) in [7, 11) is 1.48. The molecule has 0 spiro atoms. The number of hydrogen-bond donors (Lipinski definition) is 3. The highest BCUT2D eigenvalue weighted by molar-refractivity contribution is 5.82. The zero-order valence-corrected chi connectivity index (χ0v) is 10.9. The van der Waals surface area contributed by atoms with Crippen LogP contribution in [-0.2, 0) is 16.1 Å². The number of amides is 2. The molecule has 20 heavy (non-hydrogen) atoms. The Morgan fingerprint density at radius 2 is 2.10 bits per heavy atom. The van der Waals surface area contributed by atoms with E-state index >= 15 is 0 Å². The van der Waals surface area contributed by atoms with E-state index in [1.54, 1.807) is 12.1 Å². The first-order valence-electron chi connectivity index (χ1n) is 5.88. The van der Waals surface area contributed by atoms with Gasteiger partial charge in [-0.1, -0.05) is 0 Å². The second-order valence-electron chi connectivity index (χ2n) is 4.21. The van der Waals surface area contributed by atoms with Gasteiger partial charge < -0.3 is 24.8 Å². The van der Waals surface area contributed by atoms with Gasteiger partial charge in [-0.05, 0) is 18.6 Å². The van der Waals surface area contributed by atoms with E-state index in [4.69, 9.17) is 14.6 Å². The molecule has 0 aliphatic rings. The zero-order valence-electron chi connectivity index (χ0n) is 10.9. The summed E-state index contributed by atoms with van der Waals surface area (Å²) in [5.41, 5.74) is 0. The summed E-state index contributed by atoms with van der Waals surface area (Å²) in [6, 6.07) is 1.51. The molecule has 3 N–H and O–H groups in total. The first-order chi connectivity index (χ1) is 9.40. The molecule has 0 radical (unpaired) electrons. The van der Waals surface area contributed by atoms with Crippen molar-refractivity contribution in [1.82, 2.24) is 10.2 Å². The van der Waals surface area contributed by atoms with E-state index in [0.717, 1.165) is 0 Å². The molecule has 0 aliphatic carbocycles. The van der Waals surface area contributed by atoms with Crippen LogP contribution in [0, 0.1) is 0 Å². The average Bonchev–Trinajstić information content (AvgIpc) is 2.86. The van der Waals surface area contributed by atoms with E-state index in [0.29, 0.717) is 5.76 Å². The molecule has 0 aliphatic heterocycles. The lowest BCUT2D eigenvalue weighted by atomic mass is 10.1. The summed E-state index contributed by atoms with van der Waals surface area (Å²) in [6.07, 6.45) is 0.956. The number of nitrogens with one attached hydrogen (secondary N) is 1. The minimum absolute atomic E-state index is 0.176. The van der Waals surface area contributed by atoms with Gasteiger partial charge in [-0.25, -0.2) is 9.59 Å². The van der Waals surface area contributed by atoms with Gasteiger partial charge in [0, 0.05) is 13.5 Å². The third-order valence-electron chi connectivity index (χ3n) is 2.56. The molecule has 0 aromatic carbocycles. The van der Waals surface area contributed by atoms with Crippen LogP contribution < -0.4 is 5.32 Å². The fourth-order valence-electron chi connectivity index (χ4n) is 1.49. The van der Waals surface area contributed by atoms with Crippen LogP contribution in [0.15, 0.2) is 22.8 Å². The maximum absolute atomic E-state index is 11.8. The Morgan fingerprint density at radius 3 is 2.60 bits per heavy atom. The number of rotatable bonds is 7. The summed E-state index contributed by atoms with van der Waals surface area (Å²) in [6.45, 7) is 0.185. The van der Waals surface area contributed by atoms with E-state index in [2.05, 4.69) is 5.32 Å². The van der Waals surface area contributed by atoms with Crippen molar-refractivity contribution in [3.8, 4) is 0 Å². The number of carbonyl (C=O) groups excluding carboxylic acids is 1. The number of hydrogen-bond acceptors (Lipinski definition) is 4. The van der Waals surface area contributed by atoms with Crippen molar-refractivity contribution >= 4 is 18.0 Å². The number of nitrogens with zero attached hydrogens (tertiary/aromatic N) is 1. The summed E-state index contributed by atoms with van der Waals surface area (Å²) in [4.78, 5) is 34.4. The highest BCUT2D eigenvalue weighted by Gasteiger charge is 2.22. The SMILES string of the molecule is CN(Cc1ccco1)C(=O)N[C@@H](CCC(=O)O)C(=O)O. The van der Waals surface area contributed by atoms with Crippen molar-refractivity contribution in [2.24, 2.45) is 0 Å². The van der Waals surface area contributed by atoms with Gasteiger partial charge in [0.15, 0.2) is 0 Å². The third-order valence-corrected chi connectivity index (χ3v) is 2.56. The first-order valence-corrected chi connectivity index (χ1v) is 5.88. The Hall–Kier alpha value is -2.51. The molecule has 1 aromatic heterocycles. The predicted octanol–water partition coefficient (Wildman–Crippen LogP) is 0.739. The molecule has 110 valence electrons. The summed E-state index contributed by atoms with van der Waals surface area (Å²) in [5, 5.41) is 19.7. The minimum atomic E-state index is -1.27. The second-order valence-corrected chi connectivity index (χ2v) is 4.21. The first kappa shape index (κ1) is 15.5. The van der Waals surface area contributed by atoms with Crippen LogP contribution in [0.4, 0.5) is 4.79 Å². The van der Waals surface area contributed by atoms with E-state index in [1.165, 1.54) is 18.2 Å². The number of carboxylic acid groups (broad SMARTS) is 2. The molecule has 1 aromatic rings. The maximum atomic E-state index is 11.8. The molecule has 2 amide bonds. The van der Waals surface area contributed by atoms with Crippen molar-refractivity contribution < 1.29 is 29.0 Å². The van der Waals surface area contributed by atoms with Gasteiger partial charge in [-0.2, -0.15) is 0 Å². The maximum Gasteiger partial charge on any atom is 0.326 e. The molecule has 0 fully saturated rings. The molecule has 0 unspecified atom stereocenters. The zero-order chi connectivity index (χ0) is 15.1. The molecule has 0 saturated heterocycles. The number of urea groups is 1. The number of carboxylic acids is 2. The predicted molar refractivity (Wildman–Crippen MR) is 67.0 cm³/mol. The number of carbonyl (C=O) groups is 3. The molecule has 8 heteroatoms. The number of aliphatic carboxylic acids is 2. The highest BCUT2D eigenvalue weighted by atomic mass is 16.4. The lowest BCUT2D eigenvalue weighted by molar-refractivity contribution is -0.140. The van der Waals surface area contributed by atoms with Gasteiger partial charge in [0.05, 0.1) is 12.8 Å². The quantitative estimate of drug-likeness (QED) is 0.679. The van der Waals surface area contributed by atoms with Crippen LogP contribution in [0.25, 0.3) is 0 Å².